The zero-order valence-corrected chi connectivity index (χ0v) is 13.7. The Morgan fingerprint density at radius 1 is 0.952 bits per heavy atom. The standard InChI is InChI=1S/C18H21ClO2/c1-12-5-6-13(2)14(7-12)10-18(19)15-8-16(20-3)11-17(9-15)21-4/h5-9,11,18H,10H2,1-4H3. The number of benzene rings is 2. The van der Waals surface area contributed by atoms with Crippen LogP contribution in [0.5, 0.6) is 11.5 Å². The number of hydrogen-bond acceptors (Lipinski definition) is 2. The zero-order valence-electron chi connectivity index (χ0n) is 12.9. The first kappa shape index (κ1) is 15.7. The van der Waals surface area contributed by atoms with Crippen LogP contribution in [0.3, 0.4) is 0 Å². The minimum Gasteiger partial charge on any atom is -0.497 e. The molecule has 112 valence electrons. The number of rotatable bonds is 5. The van der Waals surface area contributed by atoms with Crippen molar-refractivity contribution >= 4 is 11.6 Å². The van der Waals surface area contributed by atoms with Crippen LogP contribution in [0.2, 0.25) is 0 Å². The first-order valence-corrected chi connectivity index (χ1v) is 7.40. The van der Waals surface area contributed by atoms with Gasteiger partial charge in [0, 0.05) is 6.07 Å². The largest absolute Gasteiger partial charge is 0.497 e. The molecule has 0 spiro atoms. The fraction of sp³-hybridized carbons (Fsp3) is 0.333. The fourth-order valence-corrected chi connectivity index (χ4v) is 2.63. The summed E-state index contributed by atoms with van der Waals surface area (Å²) in [5.74, 6) is 1.52. The van der Waals surface area contributed by atoms with Crippen LogP contribution in [0.4, 0.5) is 0 Å². The minimum absolute atomic E-state index is 0.116. The summed E-state index contributed by atoms with van der Waals surface area (Å²) in [4.78, 5) is 0. The molecule has 0 amide bonds. The Balaban J connectivity index is 2.27. The van der Waals surface area contributed by atoms with Crippen molar-refractivity contribution in [2.24, 2.45) is 0 Å². The molecule has 1 unspecified atom stereocenters. The molecule has 0 aromatic heterocycles. The zero-order chi connectivity index (χ0) is 15.4. The molecular formula is C18H21ClO2. The van der Waals surface area contributed by atoms with Crippen molar-refractivity contribution in [1.82, 2.24) is 0 Å². The third-order valence-corrected chi connectivity index (χ3v) is 4.05. The number of methoxy groups -OCH3 is 2. The highest BCUT2D eigenvalue weighted by Crippen LogP contribution is 2.32. The molecule has 2 rings (SSSR count). The maximum atomic E-state index is 6.61. The molecule has 0 fully saturated rings. The van der Waals surface area contributed by atoms with Crippen molar-refractivity contribution in [1.29, 1.82) is 0 Å². The van der Waals surface area contributed by atoms with Gasteiger partial charge >= 0.3 is 0 Å². The lowest BCUT2D eigenvalue weighted by molar-refractivity contribution is 0.393. The third kappa shape index (κ3) is 3.92. The number of hydrogen-bond donors (Lipinski definition) is 0. The summed E-state index contributed by atoms with van der Waals surface area (Å²) >= 11 is 6.61. The van der Waals surface area contributed by atoms with Crippen molar-refractivity contribution in [3.8, 4) is 11.5 Å². The van der Waals surface area contributed by atoms with E-state index in [0.717, 1.165) is 23.5 Å². The summed E-state index contributed by atoms with van der Waals surface area (Å²) in [5.41, 5.74) is 4.80. The normalized spacial score (nSPS) is 12.0. The predicted molar refractivity (Wildman–Crippen MR) is 87.8 cm³/mol. The highest BCUT2D eigenvalue weighted by Gasteiger charge is 2.13. The van der Waals surface area contributed by atoms with Gasteiger partial charge in [-0.2, -0.15) is 0 Å². The van der Waals surface area contributed by atoms with Crippen LogP contribution in [-0.4, -0.2) is 14.2 Å². The van der Waals surface area contributed by atoms with Crippen LogP contribution < -0.4 is 9.47 Å². The Hall–Kier alpha value is -1.67. The van der Waals surface area contributed by atoms with E-state index in [1.807, 2.05) is 18.2 Å². The Morgan fingerprint density at radius 2 is 1.57 bits per heavy atom. The average molecular weight is 305 g/mol. The minimum atomic E-state index is -0.116. The van der Waals surface area contributed by atoms with Crippen LogP contribution in [0.25, 0.3) is 0 Å². The molecule has 0 N–H and O–H groups in total. The van der Waals surface area contributed by atoms with Crippen LogP contribution in [-0.2, 0) is 6.42 Å². The van der Waals surface area contributed by atoms with Crippen LogP contribution in [0.1, 0.15) is 27.6 Å². The monoisotopic (exact) mass is 304 g/mol. The van der Waals surface area contributed by atoms with E-state index < -0.39 is 0 Å². The van der Waals surface area contributed by atoms with E-state index >= 15 is 0 Å². The Morgan fingerprint density at radius 3 is 2.14 bits per heavy atom. The van der Waals surface area contributed by atoms with Gasteiger partial charge in [-0.25, -0.2) is 0 Å². The van der Waals surface area contributed by atoms with E-state index in [1.165, 1.54) is 16.7 Å². The molecule has 0 aliphatic carbocycles. The van der Waals surface area contributed by atoms with Crippen molar-refractivity contribution < 1.29 is 9.47 Å². The van der Waals surface area contributed by atoms with Gasteiger partial charge in [-0.15, -0.1) is 11.6 Å². The molecule has 2 aromatic carbocycles. The van der Waals surface area contributed by atoms with E-state index in [0.29, 0.717) is 0 Å². The average Bonchev–Trinajstić information content (AvgIpc) is 2.50. The summed E-state index contributed by atoms with van der Waals surface area (Å²) in [5, 5.41) is -0.116. The van der Waals surface area contributed by atoms with Crippen molar-refractivity contribution in [3.63, 3.8) is 0 Å². The van der Waals surface area contributed by atoms with Gasteiger partial charge in [-0.3, -0.25) is 0 Å². The molecule has 0 saturated carbocycles. The van der Waals surface area contributed by atoms with Gasteiger partial charge < -0.3 is 9.47 Å². The van der Waals surface area contributed by atoms with Crippen LogP contribution in [0, 0.1) is 13.8 Å². The summed E-state index contributed by atoms with van der Waals surface area (Å²) in [6.07, 6.45) is 0.783. The quantitative estimate of drug-likeness (QED) is 0.736. The van der Waals surface area contributed by atoms with E-state index in [1.54, 1.807) is 14.2 Å². The SMILES string of the molecule is COc1cc(OC)cc(C(Cl)Cc2cc(C)ccc2C)c1. The van der Waals surface area contributed by atoms with Gasteiger partial charge in [0.15, 0.2) is 0 Å². The van der Waals surface area contributed by atoms with E-state index in [9.17, 15) is 0 Å². The molecular weight excluding hydrogens is 284 g/mol. The molecule has 0 aliphatic rings. The Labute approximate surface area is 131 Å². The summed E-state index contributed by atoms with van der Waals surface area (Å²) in [6, 6.07) is 12.2. The molecule has 2 nitrogen and oxygen atoms in total. The smallest absolute Gasteiger partial charge is 0.122 e. The number of alkyl halides is 1. The topological polar surface area (TPSA) is 18.5 Å². The molecule has 1 atom stereocenters. The molecule has 0 heterocycles. The molecule has 3 heteroatoms. The van der Waals surface area contributed by atoms with Gasteiger partial charge in [0.1, 0.15) is 11.5 Å². The van der Waals surface area contributed by atoms with Crippen molar-refractivity contribution in [2.75, 3.05) is 14.2 Å². The second-order valence-corrected chi connectivity index (χ2v) is 5.77. The Bertz CT molecular complexity index is 600. The summed E-state index contributed by atoms with van der Waals surface area (Å²) in [6.45, 7) is 4.21. The molecule has 2 aromatic rings. The number of aryl methyl sites for hydroxylation is 2. The van der Waals surface area contributed by atoms with E-state index in [2.05, 4.69) is 32.0 Å². The second-order valence-electron chi connectivity index (χ2n) is 5.25. The third-order valence-electron chi connectivity index (χ3n) is 3.64. The lowest BCUT2D eigenvalue weighted by atomic mass is 9.98. The maximum Gasteiger partial charge on any atom is 0.122 e. The summed E-state index contributed by atoms with van der Waals surface area (Å²) in [7, 11) is 3.29. The fourth-order valence-electron chi connectivity index (χ4n) is 2.34. The van der Waals surface area contributed by atoms with Gasteiger partial charge in [0.2, 0.25) is 0 Å². The highest BCUT2D eigenvalue weighted by atomic mass is 35.5. The number of ether oxygens (including phenoxy) is 2. The Kier molecular flexibility index (Phi) is 5.13. The van der Waals surface area contributed by atoms with E-state index in [-0.39, 0.29) is 5.38 Å². The first-order valence-electron chi connectivity index (χ1n) is 6.96. The molecule has 0 radical (unpaired) electrons. The van der Waals surface area contributed by atoms with Crippen molar-refractivity contribution in [3.05, 3.63) is 58.7 Å². The lowest BCUT2D eigenvalue weighted by Gasteiger charge is -2.15. The summed E-state index contributed by atoms with van der Waals surface area (Å²) < 4.78 is 10.6. The predicted octanol–water partition coefficient (Wildman–Crippen LogP) is 4.84. The molecule has 0 aliphatic heterocycles. The van der Waals surface area contributed by atoms with Gasteiger partial charge in [0.05, 0.1) is 19.6 Å². The molecule has 0 saturated heterocycles. The van der Waals surface area contributed by atoms with Crippen LogP contribution >= 0.6 is 11.6 Å². The lowest BCUT2D eigenvalue weighted by Crippen LogP contribution is -2.00. The maximum absolute atomic E-state index is 6.61. The van der Waals surface area contributed by atoms with Gasteiger partial charge in [0.25, 0.3) is 0 Å². The van der Waals surface area contributed by atoms with Gasteiger partial charge in [-0.05, 0) is 49.1 Å². The highest BCUT2D eigenvalue weighted by molar-refractivity contribution is 6.21. The number of halogens is 1. The van der Waals surface area contributed by atoms with Gasteiger partial charge in [-0.1, -0.05) is 23.8 Å². The first-order chi connectivity index (χ1) is 10.0. The van der Waals surface area contributed by atoms with Crippen LogP contribution in [0.15, 0.2) is 36.4 Å². The molecule has 0 bridgehead atoms. The van der Waals surface area contributed by atoms with Crippen molar-refractivity contribution in [2.45, 2.75) is 25.6 Å². The van der Waals surface area contributed by atoms with E-state index in [4.69, 9.17) is 21.1 Å². The molecule has 21 heavy (non-hydrogen) atoms. The second kappa shape index (κ2) is 6.86.